The number of sulfonamides is 1. The van der Waals surface area contributed by atoms with Crippen molar-refractivity contribution in [1.82, 2.24) is 14.1 Å². The summed E-state index contributed by atoms with van der Waals surface area (Å²) >= 11 is 0. The van der Waals surface area contributed by atoms with Crippen LogP contribution in [-0.4, -0.2) is 47.0 Å². The van der Waals surface area contributed by atoms with Crippen LogP contribution in [0.15, 0.2) is 71.8 Å². The average Bonchev–Trinajstić information content (AvgIpc) is 3.38. The molecule has 1 saturated heterocycles. The van der Waals surface area contributed by atoms with E-state index in [9.17, 15) is 26.8 Å². The lowest BCUT2D eigenvalue weighted by atomic mass is 10.0. The molecule has 0 aliphatic carbocycles. The van der Waals surface area contributed by atoms with E-state index in [2.05, 4.69) is 22.3 Å². The Morgan fingerprint density at radius 1 is 1.00 bits per heavy atom. The number of piperidine rings is 1. The van der Waals surface area contributed by atoms with Crippen LogP contribution in [0, 0.1) is 30.4 Å². The number of esters is 1. The molecule has 1 aromatic heterocycles. The Hall–Kier alpha value is -4.86. The number of aryl methyl sites for hydroxylation is 2. The average molecular weight is 633 g/mol. The molecule has 0 spiro atoms. The van der Waals surface area contributed by atoms with E-state index in [1.54, 1.807) is 48.3 Å². The van der Waals surface area contributed by atoms with Gasteiger partial charge in [0.15, 0.2) is 11.6 Å². The quantitative estimate of drug-likeness (QED) is 0.178. The number of hydrogen-bond donors (Lipinski definition) is 1. The van der Waals surface area contributed by atoms with Gasteiger partial charge >= 0.3 is 5.97 Å². The van der Waals surface area contributed by atoms with Crippen molar-refractivity contribution in [2.24, 2.45) is 7.05 Å². The maximum absolute atomic E-state index is 13.8. The highest BCUT2D eigenvalue weighted by molar-refractivity contribution is 7.89. The lowest BCUT2D eigenvalue weighted by Gasteiger charge is -2.33. The molecule has 2 heterocycles. The van der Waals surface area contributed by atoms with Crippen LogP contribution >= 0.6 is 0 Å². The molecule has 1 amide bonds. The number of rotatable bonds is 6. The van der Waals surface area contributed by atoms with Crippen LogP contribution < -0.4 is 10.1 Å². The van der Waals surface area contributed by atoms with Gasteiger partial charge in [0.25, 0.3) is 0 Å². The largest absolute Gasteiger partial charge is 0.426 e. The van der Waals surface area contributed by atoms with Gasteiger partial charge in [0, 0.05) is 43.5 Å². The van der Waals surface area contributed by atoms with Crippen molar-refractivity contribution in [2.45, 2.75) is 44.0 Å². The third-order valence-electron chi connectivity index (χ3n) is 7.22. The van der Waals surface area contributed by atoms with Gasteiger partial charge in [-0.15, -0.1) is 0 Å². The molecule has 5 rings (SSSR count). The van der Waals surface area contributed by atoms with Gasteiger partial charge in [-0.3, -0.25) is 14.3 Å². The molecule has 1 aliphatic rings. The maximum atomic E-state index is 13.8. The van der Waals surface area contributed by atoms with E-state index < -0.39 is 44.5 Å². The zero-order valence-electron chi connectivity index (χ0n) is 24.8. The Balaban J connectivity index is 1.33. The highest BCUT2D eigenvalue weighted by atomic mass is 32.2. The van der Waals surface area contributed by atoms with Gasteiger partial charge in [-0.1, -0.05) is 29.9 Å². The van der Waals surface area contributed by atoms with E-state index in [0.29, 0.717) is 52.7 Å². The molecule has 0 bridgehead atoms. The zero-order chi connectivity index (χ0) is 32.3. The van der Waals surface area contributed by atoms with Gasteiger partial charge in [0.05, 0.1) is 10.5 Å². The van der Waals surface area contributed by atoms with Gasteiger partial charge < -0.3 is 10.1 Å². The first-order valence-electron chi connectivity index (χ1n) is 14.2. The Labute approximate surface area is 259 Å². The third-order valence-corrected chi connectivity index (χ3v) is 9.12. The lowest BCUT2D eigenvalue weighted by Crippen LogP contribution is -2.49. The minimum Gasteiger partial charge on any atom is -0.426 e. The van der Waals surface area contributed by atoms with Crippen LogP contribution in [0.25, 0.3) is 11.3 Å². The summed E-state index contributed by atoms with van der Waals surface area (Å²) in [7, 11) is -2.48. The minimum absolute atomic E-state index is 0.0786. The molecular formula is C33H30F2N4O5S. The van der Waals surface area contributed by atoms with Crippen molar-refractivity contribution in [3.05, 3.63) is 95.2 Å². The van der Waals surface area contributed by atoms with Crippen molar-refractivity contribution in [2.75, 3.05) is 11.9 Å². The van der Waals surface area contributed by atoms with Gasteiger partial charge in [-0.05, 0) is 74.4 Å². The number of hydrogen-bond acceptors (Lipinski definition) is 6. The van der Waals surface area contributed by atoms with Crippen molar-refractivity contribution in [3.8, 4) is 28.8 Å². The summed E-state index contributed by atoms with van der Waals surface area (Å²) in [6.45, 7) is 3.33. The normalized spacial score (nSPS) is 15.2. The van der Waals surface area contributed by atoms with E-state index in [0.717, 1.165) is 22.0 Å². The van der Waals surface area contributed by atoms with Gasteiger partial charge in [-0.2, -0.15) is 9.40 Å². The molecule has 0 radical (unpaired) electrons. The Bertz CT molecular complexity index is 1950. The number of carbonyl (C=O) groups is 2. The molecule has 1 unspecified atom stereocenters. The third kappa shape index (κ3) is 7.11. The first-order valence-corrected chi connectivity index (χ1v) is 15.6. The second-order valence-electron chi connectivity index (χ2n) is 10.7. The molecular weight excluding hydrogens is 602 g/mol. The molecule has 0 saturated carbocycles. The number of halogens is 2. The van der Waals surface area contributed by atoms with Gasteiger partial charge in [0.1, 0.15) is 17.5 Å². The van der Waals surface area contributed by atoms with Crippen LogP contribution in [0.2, 0.25) is 0 Å². The molecule has 1 N–H and O–H groups in total. The molecule has 1 fully saturated rings. The maximum Gasteiger partial charge on any atom is 0.308 e. The number of ether oxygens (including phenoxy) is 1. The second-order valence-corrected chi connectivity index (χ2v) is 12.6. The van der Waals surface area contributed by atoms with E-state index in [4.69, 9.17) is 4.74 Å². The number of benzene rings is 3. The molecule has 1 atom stereocenters. The van der Waals surface area contributed by atoms with Crippen LogP contribution in [0.4, 0.5) is 14.5 Å². The summed E-state index contributed by atoms with van der Waals surface area (Å²) in [6.07, 6.45) is 3.22. The number of nitrogens with zero attached hydrogens (tertiary/aromatic N) is 3. The van der Waals surface area contributed by atoms with Crippen molar-refractivity contribution in [1.29, 1.82) is 0 Å². The van der Waals surface area contributed by atoms with Crippen LogP contribution in [0.1, 0.15) is 42.9 Å². The van der Waals surface area contributed by atoms with Crippen molar-refractivity contribution < 1.29 is 31.5 Å². The van der Waals surface area contributed by atoms with Crippen molar-refractivity contribution in [3.63, 3.8) is 0 Å². The molecule has 9 nitrogen and oxygen atoms in total. The first kappa shape index (κ1) is 31.6. The highest BCUT2D eigenvalue weighted by Gasteiger charge is 2.38. The highest BCUT2D eigenvalue weighted by Crippen LogP contribution is 2.32. The topological polar surface area (TPSA) is 111 Å². The van der Waals surface area contributed by atoms with Crippen LogP contribution in [-0.2, 0) is 26.7 Å². The monoisotopic (exact) mass is 632 g/mol. The number of nitrogens with one attached hydrogen (secondary N) is 1. The summed E-state index contributed by atoms with van der Waals surface area (Å²) in [4.78, 5) is 24.5. The SMILES string of the molecule is CC(=O)Oc1ccc(C)cc1-c1nn(C)cc1C#Cc1ccc(NC(=O)C2CCCCN2S(=O)(=O)c2ccc(F)c(F)c2)cc1. The van der Waals surface area contributed by atoms with Crippen LogP contribution in [0.5, 0.6) is 5.75 Å². The predicted molar refractivity (Wildman–Crippen MR) is 164 cm³/mol. The molecule has 232 valence electrons. The van der Waals surface area contributed by atoms with E-state index in [-0.39, 0.29) is 13.0 Å². The minimum atomic E-state index is -4.25. The molecule has 12 heteroatoms. The number of carbonyl (C=O) groups excluding carboxylic acids is 2. The summed E-state index contributed by atoms with van der Waals surface area (Å²) < 4.78 is 61.8. The summed E-state index contributed by atoms with van der Waals surface area (Å²) in [6, 6.07) is 13.5. The molecule has 1 aliphatic heterocycles. The number of anilines is 1. The van der Waals surface area contributed by atoms with Gasteiger partial charge in [0.2, 0.25) is 15.9 Å². The van der Waals surface area contributed by atoms with Crippen molar-refractivity contribution >= 4 is 27.6 Å². The second kappa shape index (κ2) is 13.0. The lowest BCUT2D eigenvalue weighted by molar-refractivity contribution is -0.131. The first-order chi connectivity index (χ1) is 21.4. The fourth-order valence-electron chi connectivity index (χ4n) is 5.08. The fourth-order valence-corrected chi connectivity index (χ4v) is 6.75. The smallest absolute Gasteiger partial charge is 0.308 e. The van der Waals surface area contributed by atoms with E-state index in [1.165, 1.54) is 6.92 Å². The Kier molecular flexibility index (Phi) is 9.13. The van der Waals surface area contributed by atoms with E-state index in [1.807, 2.05) is 19.1 Å². The Morgan fingerprint density at radius 3 is 2.47 bits per heavy atom. The predicted octanol–water partition coefficient (Wildman–Crippen LogP) is 5.18. The van der Waals surface area contributed by atoms with Crippen LogP contribution in [0.3, 0.4) is 0 Å². The molecule has 3 aromatic carbocycles. The standard InChI is InChI=1S/C33H30F2N4O5S/c1-21-7-16-31(44-22(2)40)27(18-21)32-24(20-38(3)37-32)11-8-23-9-12-25(13-10-23)36-33(41)30-6-4-5-17-39(30)45(42,43)26-14-15-28(34)29(35)19-26/h7,9-10,12-16,18-20,30H,4-6,17H2,1-3H3,(H,36,41). The summed E-state index contributed by atoms with van der Waals surface area (Å²) in [5.41, 5.74) is 3.86. The number of amides is 1. The van der Waals surface area contributed by atoms with Gasteiger partial charge in [-0.25, -0.2) is 17.2 Å². The molecule has 45 heavy (non-hydrogen) atoms. The van der Waals surface area contributed by atoms with E-state index >= 15 is 0 Å². The summed E-state index contributed by atoms with van der Waals surface area (Å²) in [5.74, 6) is 3.18. The fraction of sp³-hybridized carbons (Fsp3) is 0.242. The number of aromatic nitrogens is 2. The Morgan fingerprint density at radius 2 is 1.76 bits per heavy atom. The summed E-state index contributed by atoms with van der Waals surface area (Å²) in [5, 5.41) is 7.30. The zero-order valence-corrected chi connectivity index (χ0v) is 25.6. The molecule has 4 aromatic rings.